The molecule has 2 aromatic rings. The summed E-state index contributed by atoms with van der Waals surface area (Å²) in [5.74, 6) is -1.22. The first-order chi connectivity index (χ1) is 9.16. The van der Waals surface area contributed by atoms with Crippen LogP contribution >= 0.6 is 11.8 Å². The van der Waals surface area contributed by atoms with Crippen molar-refractivity contribution in [1.29, 1.82) is 0 Å². The fourth-order valence-electron chi connectivity index (χ4n) is 1.58. The highest BCUT2D eigenvalue weighted by Crippen LogP contribution is 2.15. The maximum Gasteiger partial charge on any atom is 0.313 e. The van der Waals surface area contributed by atoms with Crippen LogP contribution in [0.3, 0.4) is 0 Å². The molecule has 1 aromatic heterocycles. The topological polar surface area (TPSA) is 68.0 Å². The molecule has 0 aliphatic rings. The number of rotatable bonds is 6. The molecule has 1 aromatic carbocycles. The van der Waals surface area contributed by atoms with Gasteiger partial charge in [-0.1, -0.05) is 30.0 Å². The summed E-state index contributed by atoms with van der Waals surface area (Å²) in [7, 11) is 0. The van der Waals surface area contributed by atoms with E-state index in [-0.39, 0.29) is 11.6 Å². The van der Waals surface area contributed by atoms with Gasteiger partial charge in [0.25, 0.3) is 0 Å². The highest BCUT2D eigenvalue weighted by Gasteiger charge is 2.08. The van der Waals surface area contributed by atoms with E-state index < -0.39 is 5.97 Å². The predicted molar refractivity (Wildman–Crippen MR) is 68.5 cm³/mol. The van der Waals surface area contributed by atoms with Crippen LogP contribution in [0.2, 0.25) is 0 Å². The molecule has 1 heterocycles. The molecule has 0 aliphatic carbocycles. The quantitative estimate of drug-likeness (QED) is 0.818. The van der Waals surface area contributed by atoms with Crippen molar-refractivity contribution < 1.29 is 14.3 Å². The van der Waals surface area contributed by atoms with E-state index in [9.17, 15) is 9.18 Å². The first-order valence-electron chi connectivity index (χ1n) is 5.62. The van der Waals surface area contributed by atoms with Gasteiger partial charge in [0, 0.05) is 6.54 Å². The number of thioether (sulfide) groups is 1. The van der Waals surface area contributed by atoms with Crippen molar-refractivity contribution in [3.63, 3.8) is 0 Å². The lowest BCUT2D eigenvalue weighted by Crippen LogP contribution is -2.05. The van der Waals surface area contributed by atoms with E-state index in [0.717, 1.165) is 11.8 Å². The number of hydrogen-bond acceptors (Lipinski definition) is 4. The zero-order chi connectivity index (χ0) is 13.7. The van der Waals surface area contributed by atoms with Crippen molar-refractivity contribution in [2.45, 2.75) is 18.1 Å². The summed E-state index contributed by atoms with van der Waals surface area (Å²) in [5, 5.41) is 16.7. The molecule has 19 heavy (non-hydrogen) atoms. The van der Waals surface area contributed by atoms with Crippen LogP contribution in [0.15, 0.2) is 35.7 Å². The maximum absolute atomic E-state index is 13.4. The molecular weight excluding hydrogens is 269 g/mol. The highest BCUT2D eigenvalue weighted by molar-refractivity contribution is 7.99. The number of nitrogens with zero attached hydrogens (tertiary/aromatic N) is 3. The van der Waals surface area contributed by atoms with Crippen LogP contribution in [0.4, 0.5) is 4.39 Å². The van der Waals surface area contributed by atoms with Gasteiger partial charge < -0.3 is 9.67 Å². The van der Waals surface area contributed by atoms with E-state index in [2.05, 4.69) is 10.2 Å². The number of hydrogen-bond donors (Lipinski definition) is 1. The van der Waals surface area contributed by atoms with E-state index in [0.29, 0.717) is 23.7 Å². The van der Waals surface area contributed by atoms with Crippen LogP contribution in [-0.2, 0) is 17.8 Å². The minimum absolute atomic E-state index is 0.0710. The number of aryl methyl sites for hydroxylation is 2. The Bertz CT molecular complexity index is 574. The maximum atomic E-state index is 13.4. The molecule has 0 unspecified atom stereocenters. The lowest BCUT2D eigenvalue weighted by Gasteiger charge is -2.06. The average Bonchev–Trinajstić information content (AvgIpc) is 2.83. The van der Waals surface area contributed by atoms with Crippen molar-refractivity contribution in [3.8, 4) is 0 Å². The Hall–Kier alpha value is -1.89. The summed E-state index contributed by atoms with van der Waals surface area (Å²) in [6.07, 6.45) is 2.02. The summed E-state index contributed by atoms with van der Waals surface area (Å²) in [6.45, 7) is 0.510. The van der Waals surface area contributed by atoms with Crippen LogP contribution in [0.1, 0.15) is 5.56 Å². The Labute approximate surface area is 113 Å². The lowest BCUT2D eigenvalue weighted by atomic mass is 10.1. The molecule has 7 heteroatoms. The van der Waals surface area contributed by atoms with Crippen LogP contribution in [0.25, 0.3) is 0 Å². The molecule has 0 atom stereocenters. The van der Waals surface area contributed by atoms with Gasteiger partial charge in [0.05, 0.1) is 5.75 Å². The zero-order valence-corrected chi connectivity index (χ0v) is 10.8. The number of aromatic nitrogens is 3. The predicted octanol–water partition coefficient (Wildman–Crippen LogP) is 1.84. The smallest absolute Gasteiger partial charge is 0.313 e. The third kappa shape index (κ3) is 3.78. The Morgan fingerprint density at radius 1 is 1.42 bits per heavy atom. The minimum atomic E-state index is -0.909. The number of carboxylic acids is 1. The van der Waals surface area contributed by atoms with Crippen LogP contribution in [-0.4, -0.2) is 31.6 Å². The number of carboxylic acid groups (broad SMARTS) is 1. The Morgan fingerprint density at radius 2 is 2.21 bits per heavy atom. The molecule has 0 spiro atoms. The molecule has 100 valence electrons. The minimum Gasteiger partial charge on any atom is -0.481 e. The normalized spacial score (nSPS) is 10.6. The van der Waals surface area contributed by atoms with Crippen molar-refractivity contribution in [2.24, 2.45) is 0 Å². The molecule has 0 aliphatic heterocycles. The van der Waals surface area contributed by atoms with Gasteiger partial charge in [-0.05, 0) is 18.1 Å². The zero-order valence-electron chi connectivity index (χ0n) is 9.99. The molecule has 5 nitrogen and oxygen atoms in total. The summed E-state index contributed by atoms with van der Waals surface area (Å²) in [5.41, 5.74) is 0.616. The molecule has 0 saturated heterocycles. The second kappa shape index (κ2) is 6.33. The second-order valence-corrected chi connectivity index (χ2v) is 4.77. The molecule has 0 radical (unpaired) electrons. The fourth-order valence-corrected chi connectivity index (χ4v) is 2.24. The van der Waals surface area contributed by atoms with Gasteiger partial charge in [-0.25, -0.2) is 4.39 Å². The van der Waals surface area contributed by atoms with Gasteiger partial charge in [-0.15, -0.1) is 10.2 Å². The van der Waals surface area contributed by atoms with Crippen LogP contribution in [0, 0.1) is 5.82 Å². The fraction of sp³-hybridized carbons (Fsp3) is 0.250. The van der Waals surface area contributed by atoms with E-state index in [4.69, 9.17) is 5.11 Å². The number of aliphatic carboxylic acids is 1. The molecule has 0 amide bonds. The number of carbonyl (C=O) groups is 1. The Balaban J connectivity index is 1.98. The Morgan fingerprint density at radius 3 is 2.95 bits per heavy atom. The average molecular weight is 281 g/mol. The molecular formula is C12H12FN3O2S. The summed E-state index contributed by atoms with van der Waals surface area (Å²) in [4.78, 5) is 10.5. The van der Waals surface area contributed by atoms with Crippen molar-refractivity contribution >= 4 is 17.7 Å². The van der Waals surface area contributed by atoms with E-state index in [1.165, 1.54) is 12.4 Å². The number of benzene rings is 1. The van der Waals surface area contributed by atoms with Crippen molar-refractivity contribution in [3.05, 3.63) is 42.0 Å². The van der Waals surface area contributed by atoms with E-state index >= 15 is 0 Å². The van der Waals surface area contributed by atoms with E-state index in [1.54, 1.807) is 22.8 Å². The standard InChI is InChI=1S/C12H12FN3O2S/c13-10-4-2-1-3-9(10)5-6-16-8-14-15-12(16)19-7-11(17)18/h1-4,8H,5-7H2,(H,17,18). The highest BCUT2D eigenvalue weighted by atomic mass is 32.2. The van der Waals surface area contributed by atoms with Gasteiger partial charge in [0.15, 0.2) is 5.16 Å². The SMILES string of the molecule is O=C(O)CSc1nncn1CCc1ccccc1F. The summed E-state index contributed by atoms with van der Waals surface area (Å²) >= 11 is 1.10. The van der Waals surface area contributed by atoms with Crippen LogP contribution < -0.4 is 0 Å². The van der Waals surface area contributed by atoms with Gasteiger partial charge in [-0.2, -0.15) is 0 Å². The molecule has 0 fully saturated rings. The van der Waals surface area contributed by atoms with Crippen LogP contribution in [0.5, 0.6) is 0 Å². The second-order valence-electron chi connectivity index (χ2n) is 3.83. The largest absolute Gasteiger partial charge is 0.481 e. The first-order valence-corrected chi connectivity index (χ1v) is 6.61. The molecule has 0 saturated carbocycles. The lowest BCUT2D eigenvalue weighted by molar-refractivity contribution is -0.133. The van der Waals surface area contributed by atoms with Gasteiger partial charge in [-0.3, -0.25) is 4.79 Å². The first kappa shape index (κ1) is 13.5. The molecule has 0 bridgehead atoms. The van der Waals surface area contributed by atoms with Gasteiger partial charge in [0.2, 0.25) is 0 Å². The van der Waals surface area contributed by atoms with E-state index in [1.807, 2.05) is 0 Å². The third-order valence-corrected chi connectivity index (χ3v) is 3.45. The van der Waals surface area contributed by atoms with Gasteiger partial charge in [0.1, 0.15) is 12.1 Å². The summed E-state index contributed by atoms with van der Waals surface area (Å²) < 4.78 is 15.2. The van der Waals surface area contributed by atoms with Crippen molar-refractivity contribution in [2.75, 3.05) is 5.75 Å². The van der Waals surface area contributed by atoms with Crippen molar-refractivity contribution in [1.82, 2.24) is 14.8 Å². The third-order valence-electron chi connectivity index (χ3n) is 2.48. The Kier molecular flexibility index (Phi) is 4.51. The van der Waals surface area contributed by atoms with Gasteiger partial charge >= 0.3 is 5.97 Å². The monoisotopic (exact) mass is 281 g/mol. The summed E-state index contributed by atoms with van der Waals surface area (Å²) in [6, 6.07) is 6.57. The molecule has 1 N–H and O–H groups in total. The molecule has 2 rings (SSSR count). The number of halogens is 1.